The van der Waals surface area contributed by atoms with Gasteiger partial charge in [-0.1, -0.05) is 34.6 Å². The first-order valence-corrected chi connectivity index (χ1v) is 7.98. The Morgan fingerprint density at radius 2 is 2.05 bits per heavy atom. The number of rotatable bonds is 5. The van der Waals surface area contributed by atoms with Crippen LogP contribution in [-0.4, -0.2) is 17.4 Å². The third-order valence-electron chi connectivity index (χ3n) is 2.58. The van der Waals surface area contributed by atoms with Crippen molar-refractivity contribution in [2.75, 3.05) is 6.54 Å². The number of halogens is 1. The Morgan fingerprint density at radius 1 is 1.30 bits per heavy atom. The lowest BCUT2D eigenvalue weighted by Crippen LogP contribution is -2.24. The lowest BCUT2D eigenvalue weighted by molar-refractivity contribution is 0.0950. The molecule has 20 heavy (non-hydrogen) atoms. The van der Waals surface area contributed by atoms with Crippen molar-refractivity contribution in [1.82, 2.24) is 10.3 Å². The molecule has 2 aromatic rings. The number of hydrogen-bond acceptors (Lipinski definition) is 3. The lowest BCUT2D eigenvalue weighted by atomic mass is 10.2. The van der Waals surface area contributed by atoms with Gasteiger partial charge in [0.1, 0.15) is 5.03 Å². The van der Waals surface area contributed by atoms with Gasteiger partial charge >= 0.3 is 0 Å². The van der Waals surface area contributed by atoms with Crippen molar-refractivity contribution in [3.63, 3.8) is 0 Å². The number of hydrogen-bond donors (Lipinski definition) is 1. The van der Waals surface area contributed by atoms with Gasteiger partial charge in [0, 0.05) is 22.1 Å². The highest BCUT2D eigenvalue weighted by Gasteiger charge is 2.12. The van der Waals surface area contributed by atoms with Crippen LogP contribution in [0.5, 0.6) is 0 Å². The normalized spacial score (nSPS) is 10.3. The van der Waals surface area contributed by atoms with E-state index in [-0.39, 0.29) is 5.91 Å². The minimum absolute atomic E-state index is 0.0699. The molecular weight excluding hydrogens is 336 g/mol. The summed E-state index contributed by atoms with van der Waals surface area (Å²) in [7, 11) is 0. The zero-order valence-electron chi connectivity index (χ0n) is 11.1. The number of nitrogens with zero attached hydrogens (tertiary/aromatic N) is 1. The number of aromatic nitrogens is 1. The molecule has 0 aliphatic carbocycles. The zero-order valence-corrected chi connectivity index (χ0v) is 13.5. The fourth-order valence-electron chi connectivity index (χ4n) is 1.59. The van der Waals surface area contributed by atoms with Gasteiger partial charge in [-0.25, -0.2) is 4.98 Å². The van der Waals surface area contributed by atoms with Crippen molar-refractivity contribution in [1.29, 1.82) is 0 Å². The van der Waals surface area contributed by atoms with Crippen LogP contribution in [-0.2, 0) is 0 Å². The Balaban J connectivity index is 2.19. The maximum atomic E-state index is 12.1. The molecule has 0 spiro atoms. The Morgan fingerprint density at radius 3 is 2.75 bits per heavy atom. The summed E-state index contributed by atoms with van der Waals surface area (Å²) in [4.78, 5) is 17.5. The maximum absolute atomic E-state index is 12.1. The maximum Gasteiger partial charge on any atom is 0.254 e. The smallest absolute Gasteiger partial charge is 0.254 e. The molecule has 104 valence electrons. The van der Waals surface area contributed by atoms with Crippen molar-refractivity contribution in [3.05, 3.63) is 52.6 Å². The first-order valence-electron chi connectivity index (χ1n) is 6.37. The first kappa shape index (κ1) is 15.1. The fraction of sp³-hybridized carbons (Fsp3) is 0.200. The SMILES string of the molecule is CCCNC(=O)c1cccnc1Sc1ccc(Br)cc1. The summed E-state index contributed by atoms with van der Waals surface area (Å²) in [5, 5.41) is 3.61. The van der Waals surface area contributed by atoms with Crippen LogP contribution in [0.4, 0.5) is 0 Å². The van der Waals surface area contributed by atoms with Crippen LogP contribution in [0.2, 0.25) is 0 Å². The number of nitrogens with one attached hydrogen (secondary N) is 1. The van der Waals surface area contributed by atoms with Gasteiger partial charge in [0.2, 0.25) is 0 Å². The summed E-state index contributed by atoms with van der Waals surface area (Å²) in [6.45, 7) is 2.71. The van der Waals surface area contributed by atoms with E-state index in [1.165, 1.54) is 11.8 Å². The molecule has 3 nitrogen and oxygen atoms in total. The Labute approximate surface area is 131 Å². The molecule has 0 radical (unpaired) electrons. The Bertz CT molecular complexity index is 587. The van der Waals surface area contributed by atoms with Crippen LogP contribution < -0.4 is 5.32 Å². The third-order valence-corrected chi connectivity index (χ3v) is 4.13. The second kappa shape index (κ2) is 7.45. The van der Waals surface area contributed by atoms with Crippen molar-refractivity contribution in [2.24, 2.45) is 0 Å². The largest absolute Gasteiger partial charge is 0.352 e. The van der Waals surface area contributed by atoms with E-state index >= 15 is 0 Å². The van der Waals surface area contributed by atoms with Crippen LogP contribution in [0.3, 0.4) is 0 Å². The summed E-state index contributed by atoms with van der Waals surface area (Å²) >= 11 is 4.90. The first-order chi connectivity index (χ1) is 9.70. The number of carbonyl (C=O) groups is 1. The Kier molecular flexibility index (Phi) is 5.61. The number of pyridine rings is 1. The molecule has 0 fully saturated rings. The van der Waals surface area contributed by atoms with E-state index in [4.69, 9.17) is 0 Å². The van der Waals surface area contributed by atoms with Crippen LogP contribution in [0.15, 0.2) is 57.0 Å². The van der Waals surface area contributed by atoms with E-state index in [9.17, 15) is 4.79 Å². The van der Waals surface area contributed by atoms with E-state index in [0.29, 0.717) is 12.1 Å². The molecule has 1 aromatic heterocycles. The highest BCUT2D eigenvalue weighted by Crippen LogP contribution is 2.29. The standard InChI is InChI=1S/C15H15BrN2OS/c1-2-9-17-14(19)13-4-3-10-18-15(13)20-12-7-5-11(16)6-8-12/h3-8,10H,2,9H2,1H3,(H,17,19). The molecule has 0 aliphatic heterocycles. The van der Waals surface area contributed by atoms with Gasteiger partial charge in [0.15, 0.2) is 0 Å². The summed E-state index contributed by atoms with van der Waals surface area (Å²) in [5.74, 6) is -0.0699. The average Bonchev–Trinajstić information content (AvgIpc) is 2.48. The van der Waals surface area contributed by atoms with Crippen LogP contribution in [0.1, 0.15) is 23.7 Å². The van der Waals surface area contributed by atoms with Gasteiger partial charge in [0.25, 0.3) is 5.91 Å². The minimum atomic E-state index is -0.0699. The molecule has 0 atom stereocenters. The summed E-state index contributed by atoms with van der Waals surface area (Å²) in [6, 6.07) is 11.5. The highest BCUT2D eigenvalue weighted by atomic mass is 79.9. The molecule has 1 amide bonds. The molecule has 2 rings (SSSR count). The number of amides is 1. The van der Waals surface area contributed by atoms with Crippen molar-refractivity contribution < 1.29 is 4.79 Å². The molecule has 5 heteroatoms. The quantitative estimate of drug-likeness (QED) is 0.881. The third kappa shape index (κ3) is 4.08. The molecule has 0 saturated carbocycles. The fourth-order valence-corrected chi connectivity index (χ4v) is 2.74. The molecule has 0 unspecified atom stereocenters. The van der Waals surface area contributed by atoms with Gasteiger partial charge in [-0.2, -0.15) is 0 Å². The van der Waals surface area contributed by atoms with Gasteiger partial charge in [0.05, 0.1) is 5.56 Å². The number of benzene rings is 1. The van der Waals surface area contributed by atoms with Crippen LogP contribution in [0, 0.1) is 0 Å². The lowest BCUT2D eigenvalue weighted by Gasteiger charge is -2.08. The molecule has 0 saturated heterocycles. The van der Waals surface area contributed by atoms with Crippen LogP contribution >= 0.6 is 27.7 Å². The van der Waals surface area contributed by atoms with Gasteiger partial charge in [-0.3, -0.25) is 4.79 Å². The van der Waals surface area contributed by atoms with Crippen LogP contribution in [0.25, 0.3) is 0 Å². The van der Waals surface area contributed by atoms with E-state index in [0.717, 1.165) is 20.8 Å². The zero-order chi connectivity index (χ0) is 14.4. The van der Waals surface area contributed by atoms with Crippen molar-refractivity contribution in [3.8, 4) is 0 Å². The summed E-state index contributed by atoms with van der Waals surface area (Å²) in [5.41, 5.74) is 0.619. The minimum Gasteiger partial charge on any atom is -0.352 e. The average molecular weight is 351 g/mol. The van der Waals surface area contributed by atoms with E-state index in [1.807, 2.05) is 31.2 Å². The van der Waals surface area contributed by atoms with Crippen molar-refractivity contribution in [2.45, 2.75) is 23.3 Å². The van der Waals surface area contributed by atoms with Gasteiger partial charge in [-0.15, -0.1) is 0 Å². The number of carbonyl (C=O) groups excluding carboxylic acids is 1. The van der Waals surface area contributed by atoms with E-state index in [2.05, 4.69) is 26.2 Å². The summed E-state index contributed by atoms with van der Waals surface area (Å²) in [6.07, 6.45) is 2.62. The molecule has 1 N–H and O–H groups in total. The second-order valence-electron chi connectivity index (χ2n) is 4.17. The van der Waals surface area contributed by atoms with E-state index < -0.39 is 0 Å². The molecule has 1 heterocycles. The molecule has 1 aromatic carbocycles. The summed E-state index contributed by atoms with van der Waals surface area (Å²) < 4.78 is 1.03. The van der Waals surface area contributed by atoms with Crippen molar-refractivity contribution >= 4 is 33.6 Å². The predicted octanol–water partition coefficient (Wildman–Crippen LogP) is 4.14. The predicted molar refractivity (Wildman–Crippen MR) is 85.1 cm³/mol. The van der Waals surface area contributed by atoms with E-state index in [1.54, 1.807) is 18.3 Å². The van der Waals surface area contributed by atoms with Gasteiger partial charge < -0.3 is 5.32 Å². The molecular formula is C15H15BrN2OS. The molecule has 0 aliphatic rings. The van der Waals surface area contributed by atoms with Gasteiger partial charge in [-0.05, 0) is 42.8 Å². The Hall–Kier alpha value is -1.33. The highest BCUT2D eigenvalue weighted by molar-refractivity contribution is 9.10. The second-order valence-corrected chi connectivity index (χ2v) is 6.15. The topological polar surface area (TPSA) is 42.0 Å². The molecule has 0 bridgehead atoms. The monoisotopic (exact) mass is 350 g/mol.